The third kappa shape index (κ3) is 8.15. The van der Waals surface area contributed by atoms with Gasteiger partial charge in [-0.05, 0) is 0 Å². The van der Waals surface area contributed by atoms with Crippen LogP contribution in [-0.4, -0.2) is 0 Å². The van der Waals surface area contributed by atoms with Gasteiger partial charge in [-0.15, -0.1) is 0 Å². The molecule has 0 unspecified atom stereocenters. The van der Waals surface area contributed by atoms with Gasteiger partial charge in [-0.25, -0.2) is 0 Å². The van der Waals surface area contributed by atoms with Crippen LogP contribution in [0.1, 0.15) is 0 Å². The number of nitrogens with zero attached hydrogens (tertiary/aromatic N) is 1. The van der Waals surface area contributed by atoms with Gasteiger partial charge >= 0.3 is 345 Å². The van der Waals surface area contributed by atoms with Crippen LogP contribution in [0, 0.1) is 0 Å². The van der Waals surface area contributed by atoms with Crippen LogP contribution in [0.15, 0.2) is 150 Å². The topological polar surface area (TPSA) is 91.8 Å². The Morgan fingerprint density at radius 2 is 0.611 bits per heavy atom. The first-order valence-electron chi connectivity index (χ1n) is 15.7. The molecule has 0 atom stereocenters. The first-order valence-corrected chi connectivity index (χ1v) is 22.8. The summed E-state index contributed by atoms with van der Waals surface area (Å²) in [4.78, 5) is 6.58. The van der Waals surface area contributed by atoms with Gasteiger partial charge in [0.05, 0.1) is 0 Å². The standard InChI is InChI=1S/C36H26Cl6N3O6P3/c37-25-13-1-7-19-31(25)46-53(47-32-20-8-2-14-26(32)38,48-33-21-9-3-15-27(33)39)43-52-44-54(45-53,49-34-22-10-4-16-28(34)40,50-35-23-11-5-17-29(35)41)51-36-24-12-6-18-30(36)42/h1-24,45H,(H,43,44). The van der Waals surface area contributed by atoms with Crippen LogP contribution in [0.3, 0.4) is 0 Å². The van der Waals surface area contributed by atoms with Crippen LogP contribution >= 0.6 is 93.3 Å². The number of nitrogens with one attached hydrogen (secondary N) is 2. The maximum absolute atomic E-state index is 7.00. The van der Waals surface area contributed by atoms with Gasteiger partial charge in [-0.3, -0.25) is 0 Å². The molecule has 1 aliphatic rings. The third-order valence-electron chi connectivity index (χ3n) is 7.35. The monoisotopic (exact) mass is 899 g/mol. The van der Waals surface area contributed by atoms with Gasteiger partial charge in [-0.1, -0.05) is 0 Å². The van der Waals surface area contributed by atoms with Crippen LogP contribution < -0.4 is 36.9 Å². The van der Waals surface area contributed by atoms with E-state index in [-0.39, 0.29) is 73.2 Å². The molecule has 0 saturated carbocycles. The number of hydrogen-bond acceptors (Lipinski definition) is 9. The second-order valence-corrected chi connectivity index (χ2v) is 20.8. The molecule has 2 N–H and O–H groups in total. The van der Waals surface area contributed by atoms with Crippen LogP contribution in [0.4, 0.5) is 0 Å². The van der Waals surface area contributed by atoms with E-state index >= 15 is 0 Å². The van der Waals surface area contributed by atoms with Crippen molar-refractivity contribution in [1.29, 1.82) is 0 Å². The molecule has 54 heavy (non-hydrogen) atoms. The Kier molecular flexibility index (Phi) is 11.3. The van der Waals surface area contributed by atoms with Crippen LogP contribution in [0.2, 0.25) is 30.1 Å². The fourth-order valence-corrected chi connectivity index (χ4v) is 16.8. The van der Waals surface area contributed by atoms with Gasteiger partial charge in [0.15, 0.2) is 0 Å². The van der Waals surface area contributed by atoms with E-state index in [9.17, 15) is 0 Å². The number of halogens is 6. The van der Waals surface area contributed by atoms with Crippen molar-refractivity contribution in [2.75, 3.05) is 0 Å². The van der Waals surface area contributed by atoms with Gasteiger partial charge in [0, 0.05) is 0 Å². The van der Waals surface area contributed by atoms with E-state index in [1.165, 1.54) is 0 Å². The van der Waals surface area contributed by atoms with Crippen LogP contribution in [-0.2, 0) is 0 Å². The molecule has 1 aliphatic heterocycles. The minimum absolute atomic E-state index is 0.0326. The molecule has 0 saturated heterocycles. The Morgan fingerprint density at radius 1 is 0.370 bits per heavy atom. The van der Waals surface area contributed by atoms with Gasteiger partial charge in [0.2, 0.25) is 0 Å². The molecule has 6 aromatic rings. The number of hydrogen-bond donors (Lipinski definition) is 2. The van der Waals surface area contributed by atoms with Crippen molar-refractivity contribution in [3.63, 3.8) is 0 Å². The number of para-hydroxylation sites is 6. The van der Waals surface area contributed by atoms with Crippen molar-refractivity contribution >= 4 is 93.3 Å². The van der Waals surface area contributed by atoms with E-state index in [2.05, 4.69) is 9.72 Å². The predicted molar refractivity (Wildman–Crippen MR) is 222 cm³/mol. The second kappa shape index (κ2) is 15.7. The summed E-state index contributed by atoms with van der Waals surface area (Å²) in [7, 11) is -11.4. The summed E-state index contributed by atoms with van der Waals surface area (Å²) < 4.78 is 46.9. The Hall–Kier alpha value is -3.26. The first-order chi connectivity index (χ1) is 26.0. The average molecular weight is 902 g/mol. The average Bonchev–Trinajstić information content (AvgIpc) is 3.15. The van der Waals surface area contributed by atoms with Crippen LogP contribution in [0.5, 0.6) is 34.5 Å². The van der Waals surface area contributed by atoms with Crippen molar-refractivity contribution in [2.45, 2.75) is 0 Å². The number of rotatable bonds is 12. The molecule has 0 aliphatic carbocycles. The minimum atomic E-state index is -5.71. The number of benzene rings is 6. The molecule has 0 aromatic heterocycles. The molecule has 0 fully saturated rings. The van der Waals surface area contributed by atoms with E-state index < -0.39 is 15.2 Å². The molecule has 7 rings (SSSR count). The van der Waals surface area contributed by atoms with Crippen molar-refractivity contribution < 1.29 is 27.1 Å². The van der Waals surface area contributed by atoms with Crippen molar-refractivity contribution in [2.24, 2.45) is 4.52 Å². The summed E-state index contributed by atoms with van der Waals surface area (Å²) in [5, 5.41) is 1.06. The molecule has 278 valence electrons. The molecule has 0 bridgehead atoms. The summed E-state index contributed by atoms with van der Waals surface area (Å²) in [6, 6.07) is 40.0. The molecule has 1 heterocycles. The van der Waals surface area contributed by atoms with Crippen LogP contribution in [0.25, 0.3) is 0 Å². The van der Waals surface area contributed by atoms with Gasteiger partial charge < -0.3 is 0 Å². The first kappa shape index (κ1) is 39.0. The third-order valence-corrected chi connectivity index (χ3v) is 18.4. The summed E-state index contributed by atoms with van der Waals surface area (Å²) in [6.45, 7) is 0. The maximum atomic E-state index is 7.00. The van der Waals surface area contributed by atoms with E-state index in [1.807, 2.05) is 0 Å². The molecule has 6 aromatic carbocycles. The Labute approximate surface area is 342 Å². The summed E-state index contributed by atoms with van der Waals surface area (Å²) in [5.74, 6) is 0.519. The molecule has 0 spiro atoms. The molecular weight excluding hydrogens is 876 g/mol. The van der Waals surface area contributed by atoms with Crippen molar-refractivity contribution in [3.8, 4) is 34.5 Å². The fourth-order valence-electron chi connectivity index (χ4n) is 5.02. The Bertz CT molecular complexity index is 2140. The quantitative estimate of drug-likeness (QED) is 0.117. The molecule has 0 radical (unpaired) electrons. The molecule has 0 amide bonds. The zero-order chi connectivity index (χ0) is 37.9. The van der Waals surface area contributed by atoms with Gasteiger partial charge in [0.25, 0.3) is 0 Å². The molecule has 18 heteroatoms. The molecule has 9 nitrogen and oxygen atoms in total. The Morgan fingerprint density at radius 3 is 0.870 bits per heavy atom. The van der Waals surface area contributed by atoms with E-state index in [4.69, 9.17) is 101 Å². The summed E-state index contributed by atoms with van der Waals surface area (Å²) in [6.07, 6.45) is 0. The SMILES string of the molecule is Clc1ccccc1OP1(Oc2ccccc2Cl)(Oc2ccccc2Cl)N=PNP(Oc2ccccc2Cl)(Oc2ccccc2Cl)(Oc2ccccc2Cl)N1. The fraction of sp³-hybridized carbons (Fsp3) is 0. The normalized spacial score (nSPS) is 18.0. The van der Waals surface area contributed by atoms with Crippen molar-refractivity contribution in [1.82, 2.24) is 9.72 Å². The van der Waals surface area contributed by atoms with E-state index in [0.717, 1.165) is 0 Å². The van der Waals surface area contributed by atoms with Gasteiger partial charge in [-0.2, -0.15) is 0 Å². The van der Waals surface area contributed by atoms with Crippen molar-refractivity contribution in [3.05, 3.63) is 176 Å². The summed E-state index contributed by atoms with van der Waals surface area (Å²) >= 11 is 40.8. The predicted octanol–water partition coefficient (Wildman–Crippen LogP) is 14.9. The second-order valence-electron chi connectivity index (χ2n) is 11.2. The zero-order valence-corrected chi connectivity index (χ0v) is 34.6. The molecular formula is C36H26Cl6N3O6P3. The van der Waals surface area contributed by atoms with E-state index in [0.29, 0.717) is 0 Å². The van der Waals surface area contributed by atoms with E-state index in [1.54, 1.807) is 146 Å². The van der Waals surface area contributed by atoms with Gasteiger partial charge in [0.1, 0.15) is 0 Å². The Balaban J connectivity index is 1.60. The summed E-state index contributed by atoms with van der Waals surface area (Å²) in [5.41, 5.74) is 0. The zero-order valence-electron chi connectivity index (χ0n) is 27.4.